The minimum atomic E-state index is 0.229. The highest BCUT2D eigenvalue weighted by atomic mass is 35.5. The summed E-state index contributed by atoms with van der Waals surface area (Å²) in [6.45, 7) is 5.77. The lowest BCUT2D eigenvalue weighted by Gasteiger charge is -2.13. The van der Waals surface area contributed by atoms with Crippen LogP contribution in [0.4, 0.5) is 0 Å². The third-order valence-electron chi connectivity index (χ3n) is 4.87. The van der Waals surface area contributed by atoms with Crippen molar-refractivity contribution in [1.82, 2.24) is 5.32 Å². The smallest absolute Gasteiger partial charge is 0.138 e. The van der Waals surface area contributed by atoms with E-state index in [1.165, 1.54) is 16.7 Å². The molecule has 1 heterocycles. The Morgan fingerprint density at radius 1 is 1.21 bits per heavy atom. The molecule has 2 aromatic carbocycles. The molecule has 3 rings (SSSR count). The van der Waals surface area contributed by atoms with Crippen molar-refractivity contribution in [1.29, 1.82) is 0 Å². The van der Waals surface area contributed by atoms with Gasteiger partial charge in [-0.25, -0.2) is 0 Å². The van der Waals surface area contributed by atoms with Crippen molar-refractivity contribution >= 4 is 28.7 Å². The Kier molecular flexibility index (Phi) is 7.87. The molecule has 3 aromatic rings. The fourth-order valence-electron chi connectivity index (χ4n) is 3.19. The molecule has 0 amide bonds. The van der Waals surface area contributed by atoms with Gasteiger partial charge < -0.3 is 14.8 Å². The average molecular weight is 428 g/mol. The number of hydrogen-bond acceptors (Lipinski definition) is 4. The van der Waals surface area contributed by atoms with Crippen LogP contribution in [0, 0.1) is 6.92 Å². The SMILES string of the molecule is CC(=O)CCCNCc1ccc(OCc2cccc(-c3ccsc3)c2C)c(Cl)c1. The predicted octanol–water partition coefficient (Wildman–Crippen LogP) is 6.41. The normalized spacial score (nSPS) is 10.9. The zero-order valence-electron chi connectivity index (χ0n) is 16.8. The van der Waals surface area contributed by atoms with E-state index in [4.69, 9.17) is 16.3 Å². The lowest BCUT2D eigenvalue weighted by Crippen LogP contribution is -2.15. The Hall–Kier alpha value is -2.14. The largest absolute Gasteiger partial charge is 0.487 e. The van der Waals surface area contributed by atoms with Gasteiger partial charge in [0.15, 0.2) is 0 Å². The van der Waals surface area contributed by atoms with Crippen LogP contribution in [-0.2, 0) is 17.9 Å². The van der Waals surface area contributed by atoms with E-state index in [-0.39, 0.29) is 5.78 Å². The number of benzene rings is 2. The number of carbonyl (C=O) groups excluding carboxylic acids is 1. The lowest BCUT2D eigenvalue weighted by atomic mass is 9.99. The molecule has 0 saturated heterocycles. The topological polar surface area (TPSA) is 38.3 Å². The highest BCUT2D eigenvalue weighted by Crippen LogP contribution is 2.30. The first-order chi connectivity index (χ1) is 14.0. The van der Waals surface area contributed by atoms with Gasteiger partial charge in [0, 0.05) is 13.0 Å². The van der Waals surface area contributed by atoms with Crippen LogP contribution in [0.5, 0.6) is 5.75 Å². The summed E-state index contributed by atoms with van der Waals surface area (Å²) in [5.74, 6) is 0.916. The maximum Gasteiger partial charge on any atom is 0.138 e. The van der Waals surface area contributed by atoms with E-state index in [9.17, 15) is 4.79 Å². The van der Waals surface area contributed by atoms with Crippen LogP contribution >= 0.6 is 22.9 Å². The van der Waals surface area contributed by atoms with E-state index in [0.717, 1.165) is 30.6 Å². The van der Waals surface area contributed by atoms with Gasteiger partial charge >= 0.3 is 0 Å². The second-order valence-electron chi connectivity index (χ2n) is 7.14. The number of Topliss-reactive ketones (excluding diaryl/α,β-unsaturated/α-hetero) is 1. The summed E-state index contributed by atoms with van der Waals surface area (Å²) in [7, 11) is 0. The third-order valence-corrected chi connectivity index (χ3v) is 5.85. The summed E-state index contributed by atoms with van der Waals surface area (Å²) < 4.78 is 6.01. The zero-order valence-corrected chi connectivity index (χ0v) is 18.4. The molecule has 0 spiro atoms. The summed E-state index contributed by atoms with van der Waals surface area (Å²) in [5.41, 5.74) is 5.97. The van der Waals surface area contributed by atoms with Gasteiger partial charge in [-0.2, -0.15) is 11.3 Å². The second kappa shape index (κ2) is 10.6. The van der Waals surface area contributed by atoms with Gasteiger partial charge in [0.25, 0.3) is 0 Å². The highest BCUT2D eigenvalue weighted by molar-refractivity contribution is 7.08. The van der Waals surface area contributed by atoms with Gasteiger partial charge in [-0.3, -0.25) is 0 Å². The highest BCUT2D eigenvalue weighted by Gasteiger charge is 2.09. The molecule has 29 heavy (non-hydrogen) atoms. The number of ketones is 1. The van der Waals surface area contributed by atoms with E-state index in [2.05, 4.69) is 47.3 Å². The summed E-state index contributed by atoms with van der Waals surface area (Å²) in [6.07, 6.45) is 1.47. The van der Waals surface area contributed by atoms with Crippen LogP contribution in [0.3, 0.4) is 0 Å². The first kappa shape index (κ1) is 21.6. The predicted molar refractivity (Wildman–Crippen MR) is 122 cm³/mol. The molecule has 0 unspecified atom stereocenters. The van der Waals surface area contributed by atoms with E-state index in [1.807, 2.05) is 18.2 Å². The van der Waals surface area contributed by atoms with Crippen molar-refractivity contribution < 1.29 is 9.53 Å². The molecule has 0 radical (unpaired) electrons. The summed E-state index contributed by atoms with van der Waals surface area (Å²) in [5, 5.41) is 8.21. The summed E-state index contributed by atoms with van der Waals surface area (Å²) in [4.78, 5) is 11.0. The maximum absolute atomic E-state index is 11.0. The number of carbonyl (C=O) groups is 1. The quantitative estimate of drug-likeness (QED) is 0.379. The van der Waals surface area contributed by atoms with Gasteiger partial charge in [-0.15, -0.1) is 0 Å². The molecule has 1 aromatic heterocycles. The zero-order chi connectivity index (χ0) is 20.6. The molecule has 0 saturated carbocycles. The third kappa shape index (κ3) is 6.17. The van der Waals surface area contributed by atoms with E-state index in [1.54, 1.807) is 18.3 Å². The van der Waals surface area contributed by atoms with Crippen molar-refractivity contribution in [3.05, 3.63) is 74.9 Å². The molecule has 0 bridgehead atoms. The van der Waals surface area contributed by atoms with Gasteiger partial charge in [-0.1, -0.05) is 35.9 Å². The average Bonchev–Trinajstić information content (AvgIpc) is 3.22. The molecular formula is C24H26ClNO2S. The standard InChI is InChI=1S/C24H26ClNO2S/c1-17(27)5-4-11-26-14-19-8-9-24(23(25)13-19)28-15-20-6-3-7-22(18(20)2)21-10-12-29-16-21/h3,6-10,12-13,16,26H,4-5,11,14-15H2,1-2H3. The number of hydrogen-bond donors (Lipinski definition) is 1. The van der Waals surface area contributed by atoms with Crippen molar-refractivity contribution in [3.63, 3.8) is 0 Å². The first-order valence-corrected chi connectivity index (χ1v) is 11.1. The Labute approximate surface area is 181 Å². The molecule has 0 atom stereocenters. The summed E-state index contributed by atoms with van der Waals surface area (Å²) >= 11 is 8.14. The first-order valence-electron chi connectivity index (χ1n) is 9.77. The Bertz CT molecular complexity index is 954. The molecule has 0 aliphatic carbocycles. The van der Waals surface area contributed by atoms with Gasteiger partial charge in [-0.05, 0) is 83.6 Å². The van der Waals surface area contributed by atoms with Crippen LogP contribution in [0.2, 0.25) is 5.02 Å². The fourth-order valence-corrected chi connectivity index (χ4v) is 4.11. The van der Waals surface area contributed by atoms with Crippen molar-refractivity contribution in [2.75, 3.05) is 6.54 Å². The number of thiophene rings is 1. The monoisotopic (exact) mass is 427 g/mol. The number of halogens is 1. The lowest BCUT2D eigenvalue weighted by molar-refractivity contribution is -0.117. The number of nitrogens with one attached hydrogen (secondary N) is 1. The molecular weight excluding hydrogens is 402 g/mol. The van der Waals surface area contributed by atoms with Crippen molar-refractivity contribution in [3.8, 4) is 16.9 Å². The van der Waals surface area contributed by atoms with Crippen LogP contribution in [0.15, 0.2) is 53.2 Å². The van der Waals surface area contributed by atoms with E-state index in [0.29, 0.717) is 23.8 Å². The number of ether oxygens (including phenoxy) is 1. The Morgan fingerprint density at radius 2 is 2.07 bits per heavy atom. The Morgan fingerprint density at radius 3 is 2.79 bits per heavy atom. The maximum atomic E-state index is 11.0. The van der Waals surface area contributed by atoms with Crippen molar-refractivity contribution in [2.45, 2.75) is 39.8 Å². The number of rotatable bonds is 10. The van der Waals surface area contributed by atoms with Gasteiger partial charge in [0.05, 0.1) is 5.02 Å². The molecule has 5 heteroatoms. The molecule has 152 valence electrons. The second-order valence-corrected chi connectivity index (χ2v) is 8.32. The van der Waals surface area contributed by atoms with Gasteiger partial charge in [0.1, 0.15) is 18.1 Å². The minimum absolute atomic E-state index is 0.229. The molecule has 0 fully saturated rings. The minimum Gasteiger partial charge on any atom is -0.487 e. The van der Waals surface area contributed by atoms with E-state index >= 15 is 0 Å². The van der Waals surface area contributed by atoms with Crippen LogP contribution in [0.25, 0.3) is 11.1 Å². The van der Waals surface area contributed by atoms with Crippen molar-refractivity contribution in [2.24, 2.45) is 0 Å². The van der Waals surface area contributed by atoms with Crippen LogP contribution in [0.1, 0.15) is 36.5 Å². The van der Waals surface area contributed by atoms with Gasteiger partial charge in [0.2, 0.25) is 0 Å². The fraction of sp³-hybridized carbons (Fsp3) is 0.292. The summed E-state index contributed by atoms with van der Waals surface area (Å²) in [6, 6.07) is 14.3. The molecule has 1 N–H and O–H groups in total. The van der Waals surface area contributed by atoms with Crippen LogP contribution < -0.4 is 10.1 Å². The molecule has 0 aliphatic rings. The van der Waals surface area contributed by atoms with E-state index < -0.39 is 0 Å². The Balaban J connectivity index is 1.57. The van der Waals surface area contributed by atoms with Crippen LogP contribution in [-0.4, -0.2) is 12.3 Å². The molecule has 0 aliphatic heterocycles. The molecule has 3 nitrogen and oxygen atoms in total.